The zero-order chi connectivity index (χ0) is 15.6. The summed E-state index contributed by atoms with van der Waals surface area (Å²) >= 11 is 11.6. The number of alkyl halides is 4. The van der Waals surface area contributed by atoms with E-state index in [1.54, 1.807) is 0 Å². The second-order valence-corrected chi connectivity index (χ2v) is 6.27. The Bertz CT molecular complexity index is 717. The molecule has 1 aliphatic carbocycles. The van der Waals surface area contributed by atoms with Gasteiger partial charge in [0.25, 0.3) is 0 Å². The first-order valence-electron chi connectivity index (χ1n) is 6.26. The van der Waals surface area contributed by atoms with Crippen LogP contribution < -0.4 is 0 Å². The molecule has 2 nitrogen and oxygen atoms in total. The van der Waals surface area contributed by atoms with E-state index in [0.29, 0.717) is 0 Å². The molecule has 1 atom stereocenters. The van der Waals surface area contributed by atoms with Gasteiger partial charge in [-0.3, -0.25) is 0 Å². The van der Waals surface area contributed by atoms with Gasteiger partial charge in [0.05, 0.1) is 21.4 Å². The van der Waals surface area contributed by atoms with Crippen LogP contribution in [0.5, 0.6) is 0 Å². The monoisotopic (exact) mass is 340 g/mol. The lowest BCUT2D eigenvalue weighted by atomic mass is 10.2. The lowest BCUT2D eigenvalue weighted by molar-refractivity contribution is -0.179. The Kier molecular flexibility index (Phi) is 3.19. The number of imidazole rings is 1. The maximum atomic E-state index is 13.7. The van der Waals surface area contributed by atoms with Gasteiger partial charge in [-0.15, -0.1) is 11.6 Å². The molecule has 0 bridgehead atoms. The Morgan fingerprint density at radius 1 is 1.33 bits per heavy atom. The summed E-state index contributed by atoms with van der Waals surface area (Å²) < 4.78 is 54.9. The lowest BCUT2D eigenvalue weighted by Crippen LogP contribution is -2.36. The van der Waals surface area contributed by atoms with Gasteiger partial charge < -0.3 is 4.57 Å². The fourth-order valence-corrected chi connectivity index (χ4v) is 2.86. The van der Waals surface area contributed by atoms with Crippen molar-refractivity contribution in [3.8, 4) is 0 Å². The zero-order valence-corrected chi connectivity index (χ0v) is 12.3. The van der Waals surface area contributed by atoms with Gasteiger partial charge in [-0.05, 0) is 25.8 Å². The molecule has 1 saturated carbocycles. The Morgan fingerprint density at radius 3 is 2.43 bits per heavy atom. The minimum atomic E-state index is -4.45. The summed E-state index contributed by atoms with van der Waals surface area (Å²) in [7, 11) is 0. The van der Waals surface area contributed by atoms with Crippen molar-refractivity contribution in [3.63, 3.8) is 0 Å². The van der Waals surface area contributed by atoms with Crippen LogP contribution in [-0.2, 0) is 5.54 Å². The van der Waals surface area contributed by atoms with Gasteiger partial charge in [0.2, 0.25) is 0 Å². The van der Waals surface area contributed by atoms with E-state index in [1.165, 1.54) is 13.0 Å². The van der Waals surface area contributed by atoms with Gasteiger partial charge in [0, 0.05) is 6.07 Å². The zero-order valence-electron chi connectivity index (χ0n) is 10.8. The fourth-order valence-electron chi connectivity index (χ4n) is 2.56. The van der Waals surface area contributed by atoms with E-state index in [-0.39, 0.29) is 34.7 Å². The minimum Gasteiger partial charge on any atom is -0.311 e. The standard InChI is InChI=1S/C13H10Cl2F4N2/c1-6(14)11-20-9-4-7(15)8(16)5-10(9)21(11)12(2-3-12)13(17,18)19/h4-6H,2-3H2,1H3. The van der Waals surface area contributed by atoms with Crippen LogP contribution in [0, 0.1) is 5.82 Å². The van der Waals surface area contributed by atoms with Crippen molar-refractivity contribution in [2.75, 3.05) is 0 Å². The minimum absolute atomic E-state index is 0.0641. The van der Waals surface area contributed by atoms with Crippen molar-refractivity contribution in [2.24, 2.45) is 0 Å². The van der Waals surface area contributed by atoms with E-state index in [2.05, 4.69) is 4.98 Å². The van der Waals surface area contributed by atoms with Crippen LogP contribution in [0.25, 0.3) is 11.0 Å². The summed E-state index contributed by atoms with van der Waals surface area (Å²) in [6, 6.07) is 2.21. The first kappa shape index (κ1) is 14.9. The molecule has 0 amide bonds. The highest BCUT2D eigenvalue weighted by molar-refractivity contribution is 6.31. The molecule has 21 heavy (non-hydrogen) atoms. The highest BCUT2D eigenvalue weighted by Gasteiger charge is 2.66. The molecule has 0 radical (unpaired) electrons. The highest BCUT2D eigenvalue weighted by Crippen LogP contribution is 2.57. The molecular weight excluding hydrogens is 331 g/mol. The molecule has 114 valence electrons. The third kappa shape index (κ3) is 2.11. The smallest absolute Gasteiger partial charge is 0.311 e. The maximum Gasteiger partial charge on any atom is 0.412 e. The average molecular weight is 341 g/mol. The Labute approximate surface area is 127 Å². The van der Waals surface area contributed by atoms with Gasteiger partial charge in [0.1, 0.15) is 17.2 Å². The van der Waals surface area contributed by atoms with Crippen molar-refractivity contribution >= 4 is 34.2 Å². The highest BCUT2D eigenvalue weighted by atomic mass is 35.5. The van der Waals surface area contributed by atoms with Crippen molar-refractivity contribution < 1.29 is 17.6 Å². The van der Waals surface area contributed by atoms with E-state index in [1.807, 2.05) is 0 Å². The number of hydrogen-bond acceptors (Lipinski definition) is 1. The average Bonchev–Trinajstić information content (AvgIpc) is 3.08. The second-order valence-electron chi connectivity index (χ2n) is 5.21. The van der Waals surface area contributed by atoms with Crippen LogP contribution in [0.2, 0.25) is 5.02 Å². The topological polar surface area (TPSA) is 17.8 Å². The van der Waals surface area contributed by atoms with E-state index in [9.17, 15) is 17.6 Å². The third-order valence-electron chi connectivity index (χ3n) is 3.76. The molecule has 1 aromatic heterocycles. The fraction of sp³-hybridized carbons (Fsp3) is 0.462. The second kappa shape index (κ2) is 4.49. The summed E-state index contributed by atoms with van der Waals surface area (Å²) in [5.74, 6) is -0.708. The first-order chi connectivity index (χ1) is 9.67. The van der Waals surface area contributed by atoms with Gasteiger partial charge in [-0.1, -0.05) is 11.6 Å². The third-order valence-corrected chi connectivity index (χ3v) is 4.24. The molecule has 3 rings (SSSR count). The number of hydrogen-bond donors (Lipinski definition) is 0. The van der Waals surface area contributed by atoms with Gasteiger partial charge in [0.15, 0.2) is 0 Å². The number of halogens is 6. The predicted octanol–water partition coefficient (Wildman–Crippen LogP) is 5.18. The van der Waals surface area contributed by atoms with Crippen LogP contribution in [0.15, 0.2) is 12.1 Å². The SMILES string of the molecule is CC(Cl)c1nc2cc(Cl)c(F)cc2n1C1(C(F)(F)F)CC1. The number of aromatic nitrogens is 2. The van der Waals surface area contributed by atoms with Crippen molar-refractivity contribution in [1.82, 2.24) is 9.55 Å². The molecule has 1 aliphatic rings. The molecule has 2 aromatic rings. The van der Waals surface area contributed by atoms with E-state index >= 15 is 0 Å². The summed E-state index contributed by atoms with van der Waals surface area (Å²) in [6.45, 7) is 1.53. The maximum absolute atomic E-state index is 13.7. The van der Waals surface area contributed by atoms with Gasteiger partial charge in [-0.2, -0.15) is 13.2 Å². The molecule has 1 fully saturated rings. The summed E-state index contributed by atoms with van der Waals surface area (Å²) in [4.78, 5) is 4.11. The summed E-state index contributed by atoms with van der Waals surface area (Å²) in [5.41, 5.74) is -1.77. The number of rotatable bonds is 2. The van der Waals surface area contributed by atoms with Crippen molar-refractivity contribution in [2.45, 2.75) is 36.9 Å². The quantitative estimate of drug-likeness (QED) is 0.544. The van der Waals surface area contributed by atoms with E-state index < -0.39 is 22.9 Å². The lowest BCUT2D eigenvalue weighted by Gasteiger charge is -2.24. The van der Waals surface area contributed by atoms with Crippen LogP contribution >= 0.6 is 23.2 Å². The van der Waals surface area contributed by atoms with Gasteiger partial charge in [-0.25, -0.2) is 9.37 Å². The largest absolute Gasteiger partial charge is 0.412 e. The van der Waals surface area contributed by atoms with Crippen molar-refractivity contribution in [1.29, 1.82) is 0 Å². The number of nitrogens with zero attached hydrogens (tertiary/aromatic N) is 2. The first-order valence-corrected chi connectivity index (χ1v) is 7.07. The van der Waals surface area contributed by atoms with Crippen LogP contribution in [0.1, 0.15) is 31.0 Å². The molecule has 8 heteroatoms. The number of benzene rings is 1. The van der Waals surface area contributed by atoms with E-state index in [0.717, 1.165) is 10.6 Å². The Morgan fingerprint density at radius 2 is 1.95 bits per heavy atom. The Hall–Kier alpha value is -1.01. The van der Waals surface area contributed by atoms with Crippen LogP contribution in [0.3, 0.4) is 0 Å². The summed E-state index contributed by atoms with van der Waals surface area (Å²) in [5, 5.41) is -0.920. The molecule has 0 aliphatic heterocycles. The number of fused-ring (bicyclic) bond motifs is 1. The Balaban J connectivity index is 2.35. The molecular formula is C13H10Cl2F4N2. The molecule has 1 heterocycles. The van der Waals surface area contributed by atoms with E-state index in [4.69, 9.17) is 23.2 Å². The molecule has 0 spiro atoms. The van der Waals surface area contributed by atoms with Gasteiger partial charge >= 0.3 is 6.18 Å². The molecule has 0 N–H and O–H groups in total. The van der Waals surface area contributed by atoms with Crippen LogP contribution in [-0.4, -0.2) is 15.7 Å². The summed E-state index contributed by atoms with van der Waals surface area (Å²) in [6.07, 6.45) is -4.58. The predicted molar refractivity (Wildman–Crippen MR) is 72.2 cm³/mol. The van der Waals surface area contributed by atoms with Crippen molar-refractivity contribution in [3.05, 3.63) is 28.8 Å². The molecule has 0 saturated heterocycles. The van der Waals surface area contributed by atoms with Crippen LogP contribution in [0.4, 0.5) is 17.6 Å². The normalized spacial score (nSPS) is 19.0. The molecule has 1 aromatic carbocycles. The molecule has 1 unspecified atom stereocenters.